The molecule has 0 bridgehead atoms. The molecule has 0 saturated heterocycles. The van der Waals surface area contributed by atoms with Crippen molar-refractivity contribution in [1.82, 2.24) is 0 Å². The Hall–Kier alpha value is -1.35. The highest BCUT2D eigenvalue weighted by molar-refractivity contribution is 5.77. The minimum atomic E-state index is -0.323. The molecule has 15 heavy (non-hydrogen) atoms. The molecule has 0 heterocycles. The summed E-state index contributed by atoms with van der Waals surface area (Å²) in [6.45, 7) is 4.39. The molecule has 1 aromatic rings. The summed E-state index contributed by atoms with van der Waals surface area (Å²) in [5.74, 6) is -0.581. The fourth-order valence-electron chi connectivity index (χ4n) is 1.77. The highest BCUT2D eigenvalue weighted by atomic mass is 16.1. The molecular weight excluding hydrogens is 188 g/mol. The normalized spacial score (nSPS) is 12.5. The van der Waals surface area contributed by atoms with Crippen molar-refractivity contribution in [2.45, 2.75) is 20.3 Å². The second-order valence-corrected chi connectivity index (χ2v) is 4.04. The van der Waals surface area contributed by atoms with Gasteiger partial charge in [-0.15, -0.1) is 0 Å². The topological polar surface area (TPSA) is 69.1 Å². The maximum Gasteiger partial charge on any atom is 0.222 e. The predicted molar refractivity (Wildman–Crippen MR) is 61.4 cm³/mol. The molecule has 4 N–H and O–H groups in total. The first kappa shape index (κ1) is 11.7. The van der Waals surface area contributed by atoms with E-state index < -0.39 is 0 Å². The summed E-state index contributed by atoms with van der Waals surface area (Å²) in [6, 6.07) is 6.24. The van der Waals surface area contributed by atoms with E-state index in [1.807, 2.05) is 13.8 Å². The quantitative estimate of drug-likeness (QED) is 0.768. The molecule has 0 saturated carbocycles. The Morgan fingerprint density at radius 1 is 1.27 bits per heavy atom. The van der Waals surface area contributed by atoms with E-state index in [1.54, 1.807) is 0 Å². The average molecular weight is 206 g/mol. The number of carbonyl (C=O) groups is 1. The molecule has 1 atom stereocenters. The number of hydrogen-bond donors (Lipinski definition) is 2. The largest absolute Gasteiger partial charge is 0.369 e. The number of aryl methyl sites for hydroxylation is 2. The van der Waals surface area contributed by atoms with Crippen molar-refractivity contribution in [3.63, 3.8) is 0 Å². The first-order valence-corrected chi connectivity index (χ1v) is 5.09. The molecule has 0 aromatic heterocycles. The lowest BCUT2D eigenvalue weighted by Gasteiger charge is -2.11. The van der Waals surface area contributed by atoms with Crippen molar-refractivity contribution >= 4 is 5.91 Å². The van der Waals surface area contributed by atoms with E-state index in [1.165, 1.54) is 11.1 Å². The van der Waals surface area contributed by atoms with Crippen molar-refractivity contribution < 1.29 is 4.79 Å². The summed E-state index contributed by atoms with van der Waals surface area (Å²) in [6.07, 6.45) is 0.633. The zero-order chi connectivity index (χ0) is 11.4. The van der Waals surface area contributed by atoms with Gasteiger partial charge in [-0.2, -0.15) is 0 Å². The molecular formula is C12H18N2O. The number of nitrogens with two attached hydrogens (primary N) is 2. The average Bonchev–Trinajstić information content (AvgIpc) is 2.12. The summed E-state index contributed by atoms with van der Waals surface area (Å²) in [5.41, 5.74) is 14.3. The number of primary amides is 1. The molecule has 82 valence electrons. The minimum absolute atomic E-state index is 0.258. The standard InChI is InChI=1S/C12H18N2O/c1-8-3-9(2)5-10(4-8)6-11(7-13)12(14)15/h3-5,11H,6-7,13H2,1-2H3,(H2,14,15). The summed E-state index contributed by atoms with van der Waals surface area (Å²) >= 11 is 0. The van der Waals surface area contributed by atoms with Crippen LogP contribution in [0.4, 0.5) is 0 Å². The highest BCUT2D eigenvalue weighted by Gasteiger charge is 2.13. The smallest absolute Gasteiger partial charge is 0.222 e. The molecule has 0 fully saturated rings. The number of rotatable bonds is 4. The Kier molecular flexibility index (Phi) is 3.86. The molecule has 1 rings (SSSR count). The van der Waals surface area contributed by atoms with Crippen LogP contribution in [-0.4, -0.2) is 12.5 Å². The van der Waals surface area contributed by atoms with E-state index in [0.29, 0.717) is 13.0 Å². The van der Waals surface area contributed by atoms with Crippen LogP contribution >= 0.6 is 0 Å². The molecule has 0 aliphatic carbocycles. The third kappa shape index (κ3) is 3.36. The zero-order valence-corrected chi connectivity index (χ0v) is 9.29. The Labute approximate surface area is 90.5 Å². The second kappa shape index (κ2) is 4.94. The van der Waals surface area contributed by atoms with Crippen LogP contribution in [0.5, 0.6) is 0 Å². The maximum atomic E-state index is 11.0. The van der Waals surface area contributed by atoms with Gasteiger partial charge in [0, 0.05) is 6.54 Å². The van der Waals surface area contributed by atoms with Crippen LogP contribution < -0.4 is 11.5 Å². The SMILES string of the molecule is Cc1cc(C)cc(CC(CN)C(N)=O)c1. The van der Waals surface area contributed by atoms with Crippen molar-refractivity contribution in [3.8, 4) is 0 Å². The summed E-state index contributed by atoms with van der Waals surface area (Å²) in [5, 5.41) is 0. The van der Waals surface area contributed by atoms with Gasteiger partial charge in [0.15, 0.2) is 0 Å². The summed E-state index contributed by atoms with van der Waals surface area (Å²) in [7, 11) is 0. The third-order valence-corrected chi connectivity index (χ3v) is 2.45. The van der Waals surface area contributed by atoms with Crippen LogP contribution in [0.3, 0.4) is 0 Å². The lowest BCUT2D eigenvalue weighted by atomic mass is 9.96. The van der Waals surface area contributed by atoms with Gasteiger partial charge in [0.2, 0.25) is 5.91 Å². The van der Waals surface area contributed by atoms with Crippen molar-refractivity contribution in [2.75, 3.05) is 6.54 Å². The van der Waals surface area contributed by atoms with E-state index in [-0.39, 0.29) is 11.8 Å². The first-order chi connectivity index (χ1) is 7.02. The predicted octanol–water partition coefficient (Wildman–Crippen LogP) is 0.906. The number of amides is 1. The third-order valence-electron chi connectivity index (χ3n) is 2.45. The Morgan fingerprint density at radius 2 is 1.80 bits per heavy atom. The fourth-order valence-corrected chi connectivity index (χ4v) is 1.77. The molecule has 0 spiro atoms. The molecule has 1 unspecified atom stereocenters. The van der Waals surface area contributed by atoms with Crippen LogP contribution in [0.1, 0.15) is 16.7 Å². The van der Waals surface area contributed by atoms with Gasteiger partial charge in [0.05, 0.1) is 5.92 Å². The summed E-state index contributed by atoms with van der Waals surface area (Å²) in [4.78, 5) is 11.0. The molecule has 1 amide bonds. The second-order valence-electron chi connectivity index (χ2n) is 4.04. The number of benzene rings is 1. The first-order valence-electron chi connectivity index (χ1n) is 5.09. The maximum absolute atomic E-state index is 11.0. The van der Waals surface area contributed by atoms with Crippen molar-refractivity contribution in [1.29, 1.82) is 0 Å². The van der Waals surface area contributed by atoms with Crippen LogP contribution in [0.15, 0.2) is 18.2 Å². The molecule has 0 aliphatic heterocycles. The highest BCUT2D eigenvalue weighted by Crippen LogP contribution is 2.13. The van der Waals surface area contributed by atoms with E-state index in [0.717, 1.165) is 5.56 Å². The number of carbonyl (C=O) groups excluding carboxylic acids is 1. The van der Waals surface area contributed by atoms with Crippen LogP contribution in [0, 0.1) is 19.8 Å². The van der Waals surface area contributed by atoms with Crippen LogP contribution in [-0.2, 0) is 11.2 Å². The molecule has 3 nitrogen and oxygen atoms in total. The summed E-state index contributed by atoms with van der Waals surface area (Å²) < 4.78 is 0. The van der Waals surface area contributed by atoms with Gasteiger partial charge < -0.3 is 11.5 Å². The van der Waals surface area contributed by atoms with Gasteiger partial charge in [0.25, 0.3) is 0 Å². The number of hydrogen-bond acceptors (Lipinski definition) is 2. The van der Waals surface area contributed by atoms with E-state index in [9.17, 15) is 4.79 Å². The lowest BCUT2D eigenvalue weighted by Crippen LogP contribution is -2.31. The molecule has 3 heteroatoms. The van der Waals surface area contributed by atoms with Gasteiger partial charge >= 0.3 is 0 Å². The van der Waals surface area contributed by atoms with E-state index in [2.05, 4.69) is 18.2 Å². The van der Waals surface area contributed by atoms with Crippen molar-refractivity contribution in [3.05, 3.63) is 34.9 Å². The van der Waals surface area contributed by atoms with Gasteiger partial charge in [-0.3, -0.25) is 4.79 Å². The lowest BCUT2D eigenvalue weighted by molar-refractivity contribution is -0.121. The molecule has 0 aliphatic rings. The monoisotopic (exact) mass is 206 g/mol. The van der Waals surface area contributed by atoms with Gasteiger partial charge in [-0.05, 0) is 25.8 Å². The van der Waals surface area contributed by atoms with E-state index in [4.69, 9.17) is 11.5 Å². The van der Waals surface area contributed by atoms with Crippen LogP contribution in [0.25, 0.3) is 0 Å². The van der Waals surface area contributed by atoms with Crippen molar-refractivity contribution in [2.24, 2.45) is 17.4 Å². The van der Waals surface area contributed by atoms with E-state index >= 15 is 0 Å². The zero-order valence-electron chi connectivity index (χ0n) is 9.29. The minimum Gasteiger partial charge on any atom is -0.369 e. The van der Waals surface area contributed by atoms with Crippen LogP contribution in [0.2, 0.25) is 0 Å². The van der Waals surface area contributed by atoms with Gasteiger partial charge in [-0.1, -0.05) is 29.3 Å². The van der Waals surface area contributed by atoms with Gasteiger partial charge in [0.1, 0.15) is 0 Å². The Balaban J connectivity index is 2.83. The Bertz CT molecular complexity index is 340. The molecule has 0 radical (unpaired) electrons. The Morgan fingerprint density at radius 3 is 2.20 bits per heavy atom. The fraction of sp³-hybridized carbons (Fsp3) is 0.417. The molecule has 1 aromatic carbocycles. The van der Waals surface area contributed by atoms with Gasteiger partial charge in [-0.25, -0.2) is 0 Å².